The summed E-state index contributed by atoms with van der Waals surface area (Å²) in [5.74, 6) is 0. The molecule has 1 saturated heterocycles. The fraction of sp³-hybridized carbons (Fsp3) is 0.538. The van der Waals surface area contributed by atoms with Crippen molar-refractivity contribution in [3.63, 3.8) is 0 Å². The monoisotopic (exact) mass is 286 g/mol. The maximum Gasteiger partial charge on any atom is 0.294 e. The number of ether oxygens (including phenoxy) is 2. The van der Waals surface area contributed by atoms with E-state index in [1.165, 1.54) is 6.07 Å². The first kappa shape index (κ1) is 14.5. The highest BCUT2D eigenvalue weighted by Crippen LogP contribution is 2.33. The molecule has 1 aromatic rings. The molecule has 0 aliphatic carbocycles. The van der Waals surface area contributed by atoms with E-state index in [4.69, 9.17) is 9.47 Å². The molecule has 3 atom stereocenters. The van der Waals surface area contributed by atoms with Crippen molar-refractivity contribution in [3.8, 4) is 0 Å². The lowest BCUT2D eigenvalue weighted by Crippen LogP contribution is -2.32. The van der Waals surface area contributed by atoms with Crippen molar-refractivity contribution in [3.05, 3.63) is 29.8 Å². The maximum absolute atomic E-state index is 11.4. The molecule has 0 bridgehead atoms. The summed E-state index contributed by atoms with van der Waals surface area (Å²) in [6.45, 7) is 3.93. The van der Waals surface area contributed by atoms with Crippen LogP contribution in [0.1, 0.15) is 38.5 Å². The third kappa shape index (κ3) is 3.33. The molecule has 0 radical (unpaired) electrons. The van der Waals surface area contributed by atoms with Crippen LogP contribution in [0.3, 0.4) is 0 Å². The highest BCUT2D eigenvalue weighted by atomic mass is 32.2. The molecule has 3 unspecified atom stereocenters. The summed E-state index contributed by atoms with van der Waals surface area (Å²) in [6.07, 6.45) is 0.868. The summed E-state index contributed by atoms with van der Waals surface area (Å²) in [4.78, 5) is -0.163. The minimum atomic E-state index is -4.28. The molecule has 106 valence electrons. The Bertz CT molecular complexity index is 540. The van der Waals surface area contributed by atoms with Crippen molar-refractivity contribution in [2.75, 3.05) is 0 Å². The van der Waals surface area contributed by atoms with Crippen LogP contribution in [0.4, 0.5) is 0 Å². The minimum Gasteiger partial charge on any atom is -0.345 e. The zero-order valence-electron chi connectivity index (χ0n) is 10.9. The molecule has 0 saturated carbocycles. The van der Waals surface area contributed by atoms with Gasteiger partial charge in [-0.15, -0.1) is 0 Å². The number of hydrogen-bond donors (Lipinski definition) is 1. The Morgan fingerprint density at radius 3 is 2.63 bits per heavy atom. The van der Waals surface area contributed by atoms with Crippen LogP contribution in [-0.2, 0) is 19.6 Å². The second kappa shape index (κ2) is 5.58. The Kier molecular flexibility index (Phi) is 4.25. The normalized spacial score (nSPS) is 28.3. The van der Waals surface area contributed by atoms with Crippen LogP contribution in [0.25, 0.3) is 0 Å². The summed E-state index contributed by atoms with van der Waals surface area (Å²) in [6, 6.07) is 6.18. The molecule has 0 spiro atoms. The van der Waals surface area contributed by atoms with Crippen LogP contribution in [0.2, 0.25) is 0 Å². The Balaban J connectivity index is 2.36. The first-order valence-electron chi connectivity index (χ1n) is 6.29. The van der Waals surface area contributed by atoms with Gasteiger partial charge in [-0.3, -0.25) is 4.55 Å². The van der Waals surface area contributed by atoms with E-state index in [9.17, 15) is 13.0 Å². The van der Waals surface area contributed by atoms with Crippen molar-refractivity contribution in [1.29, 1.82) is 0 Å². The van der Waals surface area contributed by atoms with Crippen LogP contribution in [0, 0.1) is 0 Å². The molecule has 5 nitrogen and oxygen atoms in total. The standard InChI is InChI=1S/C13H18O5S/c1-3-10-8-9(2)17-13(18-10)11-6-4-5-7-12(11)19(14,15)16/h4-7,9-10,13H,3,8H2,1-2H3,(H,14,15,16). The number of benzene rings is 1. The molecule has 1 N–H and O–H groups in total. The van der Waals surface area contributed by atoms with Crippen molar-refractivity contribution in [1.82, 2.24) is 0 Å². The van der Waals surface area contributed by atoms with Gasteiger partial charge in [-0.25, -0.2) is 0 Å². The summed E-state index contributed by atoms with van der Waals surface area (Å²) in [7, 11) is -4.28. The Morgan fingerprint density at radius 1 is 1.32 bits per heavy atom. The van der Waals surface area contributed by atoms with Gasteiger partial charge in [0, 0.05) is 5.56 Å². The molecule has 2 rings (SSSR count). The van der Waals surface area contributed by atoms with E-state index in [2.05, 4.69) is 0 Å². The fourth-order valence-corrected chi connectivity index (χ4v) is 2.93. The zero-order chi connectivity index (χ0) is 14.0. The lowest BCUT2D eigenvalue weighted by Gasteiger charge is -2.34. The van der Waals surface area contributed by atoms with Crippen LogP contribution in [-0.4, -0.2) is 25.2 Å². The molecule has 0 amide bonds. The fourth-order valence-electron chi connectivity index (χ4n) is 2.22. The molecule has 6 heteroatoms. The summed E-state index contributed by atoms with van der Waals surface area (Å²) < 4.78 is 43.4. The quantitative estimate of drug-likeness (QED) is 0.864. The molecule has 0 aromatic heterocycles. The average molecular weight is 286 g/mol. The van der Waals surface area contributed by atoms with Gasteiger partial charge in [0.1, 0.15) is 4.90 Å². The van der Waals surface area contributed by atoms with Gasteiger partial charge in [-0.2, -0.15) is 8.42 Å². The van der Waals surface area contributed by atoms with E-state index in [0.29, 0.717) is 5.56 Å². The molecular formula is C13H18O5S. The van der Waals surface area contributed by atoms with Crippen molar-refractivity contribution in [2.45, 2.75) is 50.1 Å². The van der Waals surface area contributed by atoms with Gasteiger partial charge in [0.2, 0.25) is 0 Å². The van der Waals surface area contributed by atoms with Crippen LogP contribution >= 0.6 is 0 Å². The SMILES string of the molecule is CCC1CC(C)OC(c2ccccc2S(=O)(=O)O)O1. The molecule has 1 heterocycles. The van der Waals surface area contributed by atoms with E-state index in [0.717, 1.165) is 12.8 Å². The first-order chi connectivity index (χ1) is 8.91. The van der Waals surface area contributed by atoms with Crippen molar-refractivity contribution in [2.24, 2.45) is 0 Å². The van der Waals surface area contributed by atoms with Gasteiger partial charge in [0.25, 0.3) is 10.1 Å². The molecule has 19 heavy (non-hydrogen) atoms. The second-order valence-corrected chi connectivity index (χ2v) is 6.08. The Morgan fingerprint density at radius 2 is 2.00 bits per heavy atom. The molecular weight excluding hydrogens is 268 g/mol. The van der Waals surface area contributed by atoms with Crippen molar-refractivity contribution >= 4 is 10.1 Å². The average Bonchev–Trinajstić information content (AvgIpc) is 2.37. The molecule has 1 aliphatic heterocycles. The summed E-state index contributed by atoms with van der Waals surface area (Å²) >= 11 is 0. The zero-order valence-corrected chi connectivity index (χ0v) is 11.8. The lowest BCUT2D eigenvalue weighted by molar-refractivity contribution is -0.244. The molecule has 1 aliphatic rings. The van der Waals surface area contributed by atoms with E-state index in [-0.39, 0.29) is 17.1 Å². The topological polar surface area (TPSA) is 72.8 Å². The van der Waals surface area contributed by atoms with Crippen LogP contribution < -0.4 is 0 Å². The summed E-state index contributed by atoms with van der Waals surface area (Å²) in [5.41, 5.74) is 0.343. The Labute approximate surface area is 113 Å². The van der Waals surface area contributed by atoms with Gasteiger partial charge in [-0.1, -0.05) is 25.1 Å². The highest BCUT2D eigenvalue weighted by molar-refractivity contribution is 7.85. The number of rotatable bonds is 3. The van der Waals surface area contributed by atoms with Gasteiger partial charge < -0.3 is 9.47 Å². The highest BCUT2D eigenvalue weighted by Gasteiger charge is 2.31. The predicted octanol–water partition coefficient (Wildman–Crippen LogP) is 2.54. The summed E-state index contributed by atoms with van der Waals surface area (Å²) in [5, 5.41) is 0. The molecule has 1 aromatic carbocycles. The van der Waals surface area contributed by atoms with Crippen LogP contribution in [0.5, 0.6) is 0 Å². The maximum atomic E-state index is 11.4. The first-order valence-corrected chi connectivity index (χ1v) is 7.73. The van der Waals surface area contributed by atoms with E-state index in [1.54, 1.807) is 18.2 Å². The van der Waals surface area contributed by atoms with Gasteiger partial charge in [0.15, 0.2) is 6.29 Å². The number of hydrogen-bond acceptors (Lipinski definition) is 4. The lowest BCUT2D eigenvalue weighted by atomic mass is 10.1. The van der Waals surface area contributed by atoms with E-state index >= 15 is 0 Å². The third-order valence-corrected chi connectivity index (χ3v) is 4.10. The van der Waals surface area contributed by atoms with Gasteiger partial charge >= 0.3 is 0 Å². The van der Waals surface area contributed by atoms with Crippen LogP contribution in [0.15, 0.2) is 29.2 Å². The van der Waals surface area contributed by atoms with Gasteiger partial charge in [0.05, 0.1) is 12.2 Å². The second-order valence-electron chi connectivity index (χ2n) is 4.69. The predicted molar refractivity (Wildman–Crippen MR) is 69.3 cm³/mol. The van der Waals surface area contributed by atoms with Gasteiger partial charge in [-0.05, 0) is 25.8 Å². The van der Waals surface area contributed by atoms with Crippen molar-refractivity contribution < 1.29 is 22.4 Å². The van der Waals surface area contributed by atoms with E-state index < -0.39 is 16.4 Å². The van der Waals surface area contributed by atoms with E-state index in [1.807, 2.05) is 13.8 Å². The minimum absolute atomic E-state index is 0.0156. The third-order valence-electron chi connectivity index (χ3n) is 3.17. The largest absolute Gasteiger partial charge is 0.345 e. The Hall–Kier alpha value is -0.950. The smallest absolute Gasteiger partial charge is 0.294 e. The molecule has 1 fully saturated rings.